The highest BCUT2D eigenvalue weighted by Gasteiger charge is 2.08. The lowest BCUT2D eigenvalue weighted by Crippen LogP contribution is -1.96. The SMILES string of the molecule is C/C=C/CCc1ccc(CCc2ccc3cc(C#Cc4ccc(CC)cc4)ccc3c2F)cc1. The Balaban J connectivity index is 1.44. The van der Waals surface area contributed by atoms with Gasteiger partial charge in [-0.05, 0) is 90.9 Å². The molecule has 0 radical (unpaired) electrons. The van der Waals surface area contributed by atoms with Crippen molar-refractivity contribution in [3.05, 3.63) is 130 Å². The monoisotopic (exact) mass is 446 g/mol. The van der Waals surface area contributed by atoms with E-state index in [9.17, 15) is 0 Å². The lowest BCUT2D eigenvalue weighted by molar-refractivity contribution is 0.620. The van der Waals surface area contributed by atoms with E-state index in [1.165, 1.54) is 16.7 Å². The molecule has 0 unspecified atom stereocenters. The molecular formula is C33H31F. The van der Waals surface area contributed by atoms with Crippen LogP contribution in [0.15, 0.2) is 91.0 Å². The van der Waals surface area contributed by atoms with Gasteiger partial charge in [-0.25, -0.2) is 4.39 Å². The van der Waals surface area contributed by atoms with Crippen molar-refractivity contribution in [2.75, 3.05) is 0 Å². The Hall–Kier alpha value is -3.63. The van der Waals surface area contributed by atoms with Crippen LogP contribution in [0.5, 0.6) is 0 Å². The first-order chi connectivity index (χ1) is 16.7. The largest absolute Gasteiger partial charge is 0.206 e. The van der Waals surface area contributed by atoms with E-state index in [1.807, 2.05) is 30.3 Å². The number of hydrogen-bond acceptors (Lipinski definition) is 0. The number of aryl methyl sites for hydroxylation is 4. The minimum atomic E-state index is -0.116. The molecule has 4 aromatic rings. The van der Waals surface area contributed by atoms with Gasteiger partial charge in [0.1, 0.15) is 5.82 Å². The van der Waals surface area contributed by atoms with Gasteiger partial charge in [-0.1, -0.05) is 85.5 Å². The predicted molar refractivity (Wildman–Crippen MR) is 143 cm³/mol. The molecule has 0 fully saturated rings. The Morgan fingerprint density at radius 3 is 2.06 bits per heavy atom. The van der Waals surface area contributed by atoms with Gasteiger partial charge in [-0.15, -0.1) is 0 Å². The Bertz CT molecular complexity index is 1330. The van der Waals surface area contributed by atoms with E-state index in [0.29, 0.717) is 11.8 Å². The van der Waals surface area contributed by atoms with Crippen LogP contribution in [0.1, 0.15) is 53.6 Å². The van der Waals surface area contributed by atoms with Crippen molar-refractivity contribution in [2.45, 2.75) is 46.0 Å². The average molecular weight is 447 g/mol. The molecule has 0 spiro atoms. The number of hydrogen-bond donors (Lipinski definition) is 0. The molecule has 1 heteroatoms. The molecule has 0 aliphatic heterocycles. The van der Waals surface area contributed by atoms with Crippen molar-refractivity contribution in [1.82, 2.24) is 0 Å². The highest BCUT2D eigenvalue weighted by molar-refractivity contribution is 5.85. The maximum atomic E-state index is 15.2. The molecule has 0 N–H and O–H groups in total. The normalized spacial score (nSPS) is 11.0. The van der Waals surface area contributed by atoms with Crippen LogP contribution in [-0.4, -0.2) is 0 Å². The van der Waals surface area contributed by atoms with E-state index in [-0.39, 0.29) is 5.82 Å². The van der Waals surface area contributed by atoms with Crippen molar-refractivity contribution < 1.29 is 4.39 Å². The van der Waals surface area contributed by atoms with Crippen LogP contribution in [0, 0.1) is 17.7 Å². The maximum Gasteiger partial charge on any atom is 0.134 e. The standard InChI is InChI=1S/C33H31F/c1-3-5-6-7-26-12-14-28(15-13-26)18-20-30-21-22-31-24-29(19-23-32(31)33(30)34)17-16-27-10-8-25(4-2)9-11-27/h3,5,8-15,19,21-24H,4,6-7,18,20H2,1-2H3/b5-3+. The van der Waals surface area contributed by atoms with E-state index in [1.54, 1.807) is 0 Å². The maximum absolute atomic E-state index is 15.2. The third-order valence-corrected chi connectivity index (χ3v) is 6.29. The summed E-state index contributed by atoms with van der Waals surface area (Å²) >= 11 is 0. The Morgan fingerprint density at radius 2 is 1.35 bits per heavy atom. The predicted octanol–water partition coefficient (Wildman–Crippen LogP) is 8.24. The first-order valence-electron chi connectivity index (χ1n) is 12.2. The Kier molecular flexibility index (Phi) is 7.95. The van der Waals surface area contributed by atoms with Crippen molar-refractivity contribution in [1.29, 1.82) is 0 Å². The van der Waals surface area contributed by atoms with Gasteiger partial charge < -0.3 is 0 Å². The van der Waals surface area contributed by atoms with Crippen LogP contribution in [0.25, 0.3) is 10.8 Å². The Labute approximate surface area is 203 Å². The topological polar surface area (TPSA) is 0 Å². The van der Waals surface area contributed by atoms with Gasteiger partial charge in [0.25, 0.3) is 0 Å². The molecule has 0 nitrogen and oxygen atoms in total. The summed E-state index contributed by atoms with van der Waals surface area (Å²) in [5.74, 6) is 6.31. The molecule has 0 atom stereocenters. The molecule has 0 aliphatic carbocycles. The van der Waals surface area contributed by atoms with Gasteiger partial charge in [0.15, 0.2) is 0 Å². The van der Waals surface area contributed by atoms with Crippen LogP contribution >= 0.6 is 0 Å². The van der Waals surface area contributed by atoms with Crippen LogP contribution in [0.4, 0.5) is 4.39 Å². The second-order valence-corrected chi connectivity index (χ2v) is 8.70. The molecule has 0 amide bonds. The minimum Gasteiger partial charge on any atom is -0.206 e. The summed E-state index contributed by atoms with van der Waals surface area (Å²) in [6.45, 7) is 4.20. The van der Waals surface area contributed by atoms with E-state index in [0.717, 1.165) is 47.8 Å². The fraction of sp³-hybridized carbons (Fsp3) is 0.212. The number of fused-ring (bicyclic) bond motifs is 1. The van der Waals surface area contributed by atoms with Crippen LogP contribution in [-0.2, 0) is 25.7 Å². The first-order valence-corrected chi connectivity index (χ1v) is 12.2. The summed E-state index contributed by atoms with van der Waals surface area (Å²) in [7, 11) is 0. The minimum absolute atomic E-state index is 0.116. The lowest BCUT2D eigenvalue weighted by Gasteiger charge is -2.08. The van der Waals surface area contributed by atoms with Crippen molar-refractivity contribution in [3.8, 4) is 11.8 Å². The van der Waals surface area contributed by atoms with Crippen molar-refractivity contribution in [2.24, 2.45) is 0 Å². The zero-order valence-corrected chi connectivity index (χ0v) is 20.1. The highest BCUT2D eigenvalue weighted by Crippen LogP contribution is 2.24. The molecule has 4 aromatic carbocycles. The van der Waals surface area contributed by atoms with Crippen molar-refractivity contribution >= 4 is 10.8 Å². The second kappa shape index (κ2) is 11.5. The molecule has 170 valence electrons. The molecule has 0 saturated heterocycles. The smallest absolute Gasteiger partial charge is 0.134 e. The summed E-state index contributed by atoms with van der Waals surface area (Å²) in [5, 5.41) is 1.55. The van der Waals surface area contributed by atoms with Gasteiger partial charge in [0, 0.05) is 16.5 Å². The molecule has 0 aliphatic rings. The quantitative estimate of drug-likeness (QED) is 0.198. The van der Waals surface area contributed by atoms with Gasteiger partial charge in [0.2, 0.25) is 0 Å². The van der Waals surface area contributed by atoms with Crippen LogP contribution in [0.2, 0.25) is 0 Å². The van der Waals surface area contributed by atoms with Crippen LogP contribution in [0.3, 0.4) is 0 Å². The first kappa shape index (κ1) is 23.5. The molecule has 0 heterocycles. The molecule has 34 heavy (non-hydrogen) atoms. The third kappa shape index (κ3) is 6.03. The molecule has 0 bridgehead atoms. The van der Waals surface area contributed by atoms with E-state index in [4.69, 9.17) is 0 Å². The van der Waals surface area contributed by atoms with Crippen molar-refractivity contribution in [3.63, 3.8) is 0 Å². The van der Waals surface area contributed by atoms with E-state index in [2.05, 4.69) is 86.4 Å². The third-order valence-electron chi connectivity index (χ3n) is 6.29. The number of benzene rings is 4. The second-order valence-electron chi connectivity index (χ2n) is 8.70. The zero-order chi connectivity index (χ0) is 23.8. The van der Waals surface area contributed by atoms with E-state index >= 15 is 4.39 Å². The molecule has 0 aromatic heterocycles. The number of halogens is 1. The molecule has 0 saturated carbocycles. The Morgan fingerprint density at radius 1 is 0.706 bits per heavy atom. The fourth-order valence-electron chi connectivity index (χ4n) is 4.14. The fourth-order valence-corrected chi connectivity index (χ4v) is 4.14. The summed E-state index contributed by atoms with van der Waals surface area (Å²) in [5.41, 5.74) is 6.54. The molecule has 4 rings (SSSR count). The summed E-state index contributed by atoms with van der Waals surface area (Å²) in [6.07, 6.45) is 8.95. The van der Waals surface area contributed by atoms with Gasteiger partial charge >= 0.3 is 0 Å². The zero-order valence-electron chi connectivity index (χ0n) is 20.1. The lowest BCUT2D eigenvalue weighted by atomic mass is 9.98. The van der Waals surface area contributed by atoms with Gasteiger partial charge in [-0.2, -0.15) is 0 Å². The number of rotatable bonds is 7. The summed E-state index contributed by atoms with van der Waals surface area (Å²) in [4.78, 5) is 0. The van der Waals surface area contributed by atoms with Gasteiger partial charge in [-0.3, -0.25) is 0 Å². The number of allylic oxidation sites excluding steroid dienone is 2. The highest BCUT2D eigenvalue weighted by atomic mass is 19.1. The summed E-state index contributed by atoms with van der Waals surface area (Å²) < 4.78 is 15.2. The van der Waals surface area contributed by atoms with Gasteiger partial charge in [0.05, 0.1) is 0 Å². The van der Waals surface area contributed by atoms with E-state index < -0.39 is 0 Å². The average Bonchev–Trinajstić information content (AvgIpc) is 2.88. The van der Waals surface area contributed by atoms with Crippen LogP contribution < -0.4 is 0 Å². The molecular weight excluding hydrogens is 415 g/mol. The summed E-state index contributed by atoms with van der Waals surface area (Å²) in [6, 6.07) is 26.7.